The number of aryl methyl sites for hydroxylation is 1. The molecule has 0 aliphatic carbocycles. The highest BCUT2D eigenvalue weighted by molar-refractivity contribution is 5.46. The molecule has 0 aliphatic heterocycles. The molecule has 0 amide bonds. The van der Waals surface area contributed by atoms with Crippen LogP contribution in [0.1, 0.15) is 12.5 Å². The lowest BCUT2D eigenvalue weighted by atomic mass is 10.1. The molecule has 0 heterocycles. The number of nitrogens with one attached hydrogen (secondary N) is 1. The SMILES string of the molecule is CCc1ccc(ONc2cccc(F)c2)c(OC)c1. The molecule has 0 unspecified atom stereocenters. The quantitative estimate of drug-likeness (QED) is 0.830. The van der Waals surface area contributed by atoms with E-state index in [9.17, 15) is 4.39 Å². The number of rotatable bonds is 5. The third-order valence-electron chi connectivity index (χ3n) is 2.74. The van der Waals surface area contributed by atoms with Crippen molar-refractivity contribution >= 4 is 5.69 Å². The highest BCUT2D eigenvalue weighted by Gasteiger charge is 2.06. The molecule has 2 rings (SSSR count). The van der Waals surface area contributed by atoms with Gasteiger partial charge in [0, 0.05) is 6.07 Å². The van der Waals surface area contributed by atoms with Gasteiger partial charge in [-0.2, -0.15) is 0 Å². The van der Waals surface area contributed by atoms with Gasteiger partial charge < -0.3 is 9.57 Å². The second-order valence-electron chi connectivity index (χ2n) is 4.05. The first-order valence-electron chi connectivity index (χ1n) is 6.08. The van der Waals surface area contributed by atoms with Gasteiger partial charge >= 0.3 is 0 Å². The van der Waals surface area contributed by atoms with Crippen LogP contribution in [0.15, 0.2) is 42.5 Å². The van der Waals surface area contributed by atoms with Crippen molar-refractivity contribution in [2.45, 2.75) is 13.3 Å². The Balaban J connectivity index is 2.11. The molecule has 2 aromatic carbocycles. The van der Waals surface area contributed by atoms with Gasteiger partial charge in [0.05, 0.1) is 12.8 Å². The summed E-state index contributed by atoms with van der Waals surface area (Å²) in [5.74, 6) is 0.883. The average Bonchev–Trinajstić information content (AvgIpc) is 2.45. The summed E-state index contributed by atoms with van der Waals surface area (Å²) >= 11 is 0. The largest absolute Gasteiger partial charge is 0.493 e. The fraction of sp³-hybridized carbons (Fsp3) is 0.200. The number of hydrogen-bond donors (Lipinski definition) is 1. The van der Waals surface area contributed by atoms with E-state index in [-0.39, 0.29) is 5.82 Å². The van der Waals surface area contributed by atoms with E-state index in [1.54, 1.807) is 19.2 Å². The normalized spacial score (nSPS) is 10.1. The van der Waals surface area contributed by atoms with Gasteiger partial charge in [-0.05, 0) is 36.2 Å². The predicted molar refractivity (Wildman–Crippen MR) is 73.0 cm³/mol. The summed E-state index contributed by atoms with van der Waals surface area (Å²) in [4.78, 5) is 5.43. The zero-order valence-electron chi connectivity index (χ0n) is 10.9. The van der Waals surface area contributed by atoms with Crippen LogP contribution >= 0.6 is 0 Å². The van der Waals surface area contributed by atoms with E-state index in [4.69, 9.17) is 9.57 Å². The van der Waals surface area contributed by atoms with Crippen LogP contribution in [0.4, 0.5) is 10.1 Å². The predicted octanol–water partition coefficient (Wildman–Crippen LogP) is 3.80. The maximum Gasteiger partial charge on any atom is 0.196 e. The lowest BCUT2D eigenvalue weighted by Gasteiger charge is -2.12. The highest BCUT2D eigenvalue weighted by Crippen LogP contribution is 2.28. The highest BCUT2D eigenvalue weighted by atomic mass is 19.1. The molecule has 19 heavy (non-hydrogen) atoms. The van der Waals surface area contributed by atoms with E-state index in [0.717, 1.165) is 12.0 Å². The van der Waals surface area contributed by atoms with Gasteiger partial charge in [0.25, 0.3) is 0 Å². The fourth-order valence-electron chi connectivity index (χ4n) is 1.68. The second kappa shape index (κ2) is 6.09. The molecule has 0 radical (unpaired) electrons. The van der Waals surface area contributed by atoms with Crippen molar-refractivity contribution in [2.75, 3.05) is 12.6 Å². The Labute approximate surface area is 111 Å². The van der Waals surface area contributed by atoms with Crippen molar-refractivity contribution < 1.29 is 14.0 Å². The van der Waals surface area contributed by atoms with Crippen LogP contribution in [0.25, 0.3) is 0 Å². The minimum absolute atomic E-state index is 0.318. The Hall–Kier alpha value is -2.23. The molecule has 2 aromatic rings. The van der Waals surface area contributed by atoms with Crippen LogP contribution < -0.4 is 15.1 Å². The lowest BCUT2D eigenvalue weighted by molar-refractivity contribution is 0.350. The van der Waals surface area contributed by atoms with Gasteiger partial charge in [-0.1, -0.05) is 19.1 Å². The van der Waals surface area contributed by atoms with Crippen molar-refractivity contribution in [1.82, 2.24) is 0 Å². The molecule has 100 valence electrons. The van der Waals surface area contributed by atoms with E-state index >= 15 is 0 Å². The summed E-state index contributed by atoms with van der Waals surface area (Å²) in [5.41, 5.74) is 4.40. The molecular formula is C15H16FNO2. The standard InChI is InChI=1S/C15H16FNO2/c1-3-11-7-8-14(15(9-11)18-2)19-17-13-6-4-5-12(16)10-13/h4-10,17H,3H2,1-2H3. The molecule has 1 N–H and O–H groups in total. The number of ether oxygens (including phenoxy) is 1. The number of methoxy groups -OCH3 is 1. The molecule has 0 aliphatic rings. The van der Waals surface area contributed by atoms with E-state index in [0.29, 0.717) is 17.2 Å². The Kier molecular flexibility index (Phi) is 4.23. The minimum atomic E-state index is -0.318. The van der Waals surface area contributed by atoms with E-state index < -0.39 is 0 Å². The molecule has 0 fully saturated rings. The fourth-order valence-corrected chi connectivity index (χ4v) is 1.68. The van der Waals surface area contributed by atoms with Crippen molar-refractivity contribution in [1.29, 1.82) is 0 Å². The van der Waals surface area contributed by atoms with Crippen LogP contribution in [0.5, 0.6) is 11.5 Å². The maximum absolute atomic E-state index is 13.0. The number of hydrogen-bond acceptors (Lipinski definition) is 3. The maximum atomic E-state index is 13.0. The van der Waals surface area contributed by atoms with E-state index in [1.165, 1.54) is 12.1 Å². The molecule has 0 aromatic heterocycles. The lowest BCUT2D eigenvalue weighted by Crippen LogP contribution is -2.06. The van der Waals surface area contributed by atoms with Crippen molar-refractivity contribution in [3.8, 4) is 11.5 Å². The topological polar surface area (TPSA) is 30.5 Å². The smallest absolute Gasteiger partial charge is 0.196 e. The number of anilines is 1. The van der Waals surface area contributed by atoms with Crippen LogP contribution in [-0.4, -0.2) is 7.11 Å². The van der Waals surface area contributed by atoms with Crippen molar-refractivity contribution in [2.24, 2.45) is 0 Å². The molecule has 0 saturated carbocycles. The molecule has 0 bridgehead atoms. The Morgan fingerprint density at radius 3 is 2.63 bits per heavy atom. The Morgan fingerprint density at radius 1 is 1.11 bits per heavy atom. The number of benzene rings is 2. The first-order valence-corrected chi connectivity index (χ1v) is 6.08. The first kappa shape index (κ1) is 13.2. The minimum Gasteiger partial charge on any atom is -0.493 e. The summed E-state index contributed by atoms with van der Waals surface area (Å²) in [6, 6.07) is 11.8. The van der Waals surface area contributed by atoms with Gasteiger partial charge in [-0.25, -0.2) is 9.87 Å². The van der Waals surface area contributed by atoms with Gasteiger partial charge in [0.2, 0.25) is 0 Å². The van der Waals surface area contributed by atoms with Gasteiger partial charge in [-0.3, -0.25) is 0 Å². The molecular weight excluding hydrogens is 245 g/mol. The summed E-state index contributed by atoms with van der Waals surface area (Å²) in [5, 5.41) is 0. The van der Waals surface area contributed by atoms with Crippen LogP contribution in [0.3, 0.4) is 0 Å². The molecule has 0 atom stereocenters. The molecule has 4 heteroatoms. The monoisotopic (exact) mass is 261 g/mol. The van der Waals surface area contributed by atoms with Gasteiger partial charge in [0.15, 0.2) is 11.5 Å². The third-order valence-corrected chi connectivity index (χ3v) is 2.74. The van der Waals surface area contributed by atoms with Gasteiger partial charge in [0.1, 0.15) is 5.82 Å². The second-order valence-corrected chi connectivity index (χ2v) is 4.05. The zero-order valence-corrected chi connectivity index (χ0v) is 10.9. The zero-order chi connectivity index (χ0) is 13.7. The summed E-state index contributed by atoms with van der Waals surface area (Å²) in [6.45, 7) is 2.07. The van der Waals surface area contributed by atoms with Crippen molar-refractivity contribution in [3.63, 3.8) is 0 Å². The Morgan fingerprint density at radius 2 is 1.95 bits per heavy atom. The third kappa shape index (κ3) is 3.37. The summed E-state index contributed by atoms with van der Waals surface area (Å²) in [7, 11) is 1.59. The average molecular weight is 261 g/mol. The molecule has 3 nitrogen and oxygen atoms in total. The van der Waals surface area contributed by atoms with Crippen LogP contribution in [-0.2, 0) is 6.42 Å². The van der Waals surface area contributed by atoms with Crippen LogP contribution in [0, 0.1) is 5.82 Å². The van der Waals surface area contributed by atoms with Gasteiger partial charge in [-0.15, -0.1) is 0 Å². The van der Waals surface area contributed by atoms with Crippen LogP contribution in [0.2, 0.25) is 0 Å². The van der Waals surface area contributed by atoms with Crippen molar-refractivity contribution in [3.05, 3.63) is 53.8 Å². The Bertz CT molecular complexity index is 558. The van der Waals surface area contributed by atoms with E-state index in [1.807, 2.05) is 18.2 Å². The molecule has 0 saturated heterocycles. The number of halogens is 1. The molecule has 0 spiro atoms. The summed E-state index contributed by atoms with van der Waals surface area (Å²) in [6.07, 6.45) is 0.925. The first-order chi connectivity index (χ1) is 9.22. The van der Waals surface area contributed by atoms with E-state index in [2.05, 4.69) is 12.4 Å². The summed E-state index contributed by atoms with van der Waals surface area (Å²) < 4.78 is 18.3.